The fraction of sp³-hybridized carbons (Fsp3) is 0.240. The largest absolute Gasteiger partial charge is 0.490 e. The summed E-state index contributed by atoms with van der Waals surface area (Å²) in [5, 5.41) is 2.79. The molecule has 3 rings (SSSR count). The molecule has 0 aliphatic heterocycles. The first-order valence-corrected chi connectivity index (χ1v) is 12.3. The SMILES string of the molecule is CCOc1ccc(C(=O)NCc2cccc(S(=O)(=O)NCc3cccc(F)c3)c2)cc1OCC. The standard InChI is InChI=1S/C25H27FN2O5S/c1-3-32-23-12-11-20(15-24(23)33-4-2)25(29)27-16-19-8-6-10-22(14-19)34(30,31)28-17-18-7-5-9-21(26)13-18/h5-15,28H,3-4,16-17H2,1-2H3,(H,27,29). The summed E-state index contributed by atoms with van der Waals surface area (Å²) in [6, 6.07) is 16.9. The summed E-state index contributed by atoms with van der Waals surface area (Å²) >= 11 is 0. The maximum Gasteiger partial charge on any atom is 0.251 e. The van der Waals surface area contributed by atoms with E-state index in [1.54, 1.807) is 36.4 Å². The van der Waals surface area contributed by atoms with Crippen LogP contribution in [0.2, 0.25) is 0 Å². The number of sulfonamides is 1. The number of nitrogens with one attached hydrogen (secondary N) is 2. The van der Waals surface area contributed by atoms with Crippen molar-refractivity contribution in [1.82, 2.24) is 10.0 Å². The lowest BCUT2D eigenvalue weighted by molar-refractivity contribution is 0.0950. The molecule has 0 unspecified atom stereocenters. The molecule has 9 heteroatoms. The van der Waals surface area contributed by atoms with E-state index in [9.17, 15) is 17.6 Å². The van der Waals surface area contributed by atoms with Crippen molar-refractivity contribution in [3.8, 4) is 11.5 Å². The molecular formula is C25H27FN2O5S. The zero-order valence-electron chi connectivity index (χ0n) is 19.0. The molecule has 2 N–H and O–H groups in total. The Kier molecular flexibility index (Phi) is 8.61. The molecular weight excluding hydrogens is 459 g/mol. The molecule has 0 saturated heterocycles. The molecule has 0 aliphatic rings. The summed E-state index contributed by atoms with van der Waals surface area (Å²) in [6.07, 6.45) is 0. The summed E-state index contributed by atoms with van der Waals surface area (Å²) in [7, 11) is -3.82. The van der Waals surface area contributed by atoms with Gasteiger partial charge in [0.25, 0.3) is 5.91 Å². The Hall–Kier alpha value is -3.43. The fourth-order valence-electron chi connectivity index (χ4n) is 3.21. The maximum absolute atomic E-state index is 13.3. The summed E-state index contributed by atoms with van der Waals surface area (Å²) in [4.78, 5) is 12.7. The highest BCUT2D eigenvalue weighted by Crippen LogP contribution is 2.28. The molecule has 1 amide bonds. The van der Waals surface area contributed by atoms with Crippen molar-refractivity contribution in [2.45, 2.75) is 31.8 Å². The van der Waals surface area contributed by atoms with E-state index < -0.39 is 15.8 Å². The molecule has 3 aromatic rings. The van der Waals surface area contributed by atoms with Gasteiger partial charge in [0, 0.05) is 18.7 Å². The highest BCUT2D eigenvalue weighted by atomic mass is 32.2. The topological polar surface area (TPSA) is 93.7 Å². The van der Waals surface area contributed by atoms with Gasteiger partial charge in [-0.15, -0.1) is 0 Å². The minimum absolute atomic E-state index is 0.0407. The second kappa shape index (κ2) is 11.6. The van der Waals surface area contributed by atoms with Crippen molar-refractivity contribution in [3.63, 3.8) is 0 Å². The van der Waals surface area contributed by atoms with Gasteiger partial charge >= 0.3 is 0 Å². The van der Waals surface area contributed by atoms with Crippen LogP contribution in [0.3, 0.4) is 0 Å². The molecule has 34 heavy (non-hydrogen) atoms. The van der Waals surface area contributed by atoms with Crippen molar-refractivity contribution in [1.29, 1.82) is 0 Å². The van der Waals surface area contributed by atoms with Gasteiger partial charge in [0.15, 0.2) is 11.5 Å². The van der Waals surface area contributed by atoms with Crippen LogP contribution in [0, 0.1) is 5.82 Å². The van der Waals surface area contributed by atoms with Crippen LogP contribution in [0.1, 0.15) is 35.3 Å². The molecule has 0 heterocycles. The van der Waals surface area contributed by atoms with E-state index in [-0.39, 0.29) is 23.9 Å². The highest BCUT2D eigenvalue weighted by Gasteiger charge is 2.15. The molecule has 7 nitrogen and oxygen atoms in total. The van der Waals surface area contributed by atoms with Crippen molar-refractivity contribution >= 4 is 15.9 Å². The molecule has 0 saturated carbocycles. The molecule has 0 fully saturated rings. The predicted molar refractivity (Wildman–Crippen MR) is 127 cm³/mol. The van der Waals surface area contributed by atoms with Gasteiger partial charge in [0.2, 0.25) is 10.0 Å². The van der Waals surface area contributed by atoms with Crippen molar-refractivity contribution in [3.05, 3.63) is 89.2 Å². The average molecular weight is 487 g/mol. The first kappa shape index (κ1) is 25.2. The highest BCUT2D eigenvalue weighted by molar-refractivity contribution is 7.89. The molecule has 0 aliphatic carbocycles. The smallest absolute Gasteiger partial charge is 0.251 e. The quantitative estimate of drug-likeness (QED) is 0.427. The Labute approximate surface area is 199 Å². The Morgan fingerprint density at radius 1 is 0.853 bits per heavy atom. The molecule has 0 spiro atoms. The van der Waals surface area contributed by atoms with E-state index in [0.717, 1.165) is 0 Å². The van der Waals surface area contributed by atoms with Gasteiger partial charge in [-0.25, -0.2) is 17.5 Å². The summed E-state index contributed by atoms with van der Waals surface area (Å²) in [5.41, 5.74) is 1.51. The van der Waals surface area contributed by atoms with Gasteiger partial charge in [-0.2, -0.15) is 0 Å². The zero-order valence-corrected chi connectivity index (χ0v) is 19.8. The first-order chi connectivity index (χ1) is 16.3. The minimum Gasteiger partial charge on any atom is -0.490 e. The number of hydrogen-bond donors (Lipinski definition) is 2. The Balaban J connectivity index is 1.66. The number of carbonyl (C=O) groups excluding carboxylic acids is 1. The van der Waals surface area contributed by atoms with Crippen molar-refractivity contribution in [2.24, 2.45) is 0 Å². The lowest BCUT2D eigenvalue weighted by atomic mass is 10.1. The van der Waals surface area contributed by atoms with E-state index >= 15 is 0 Å². The van der Waals surface area contributed by atoms with E-state index in [2.05, 4.69) is 10.0 Å². The number of ether oxygens (including phenoxy) is 2. The molecule has 180 valence electrons. The van der Waals surface area contributed by atoms with Crippen LogP contribution >= 0.6 is 0 Å². The second-order valence-corrected chi connectivity index (χ2v) is 9.08. The van der Waals surface area contributed by atoms with Gasteiger partial charge in [0.05, 0.1) is 18.1 Å². The van der Waals surface area contributed by atoms with Crippen LogP contribution in [-0.2, 0) is 23.1 Å². The molecule has 0 bridgehead atoms. The van der Waals surface area contributed by atoms with Gasteiger partial charge in [-0.05, 0) is 67.4 Å². The van der Waals surface area contributed by atoms with Crippen LogP contribution in [0.15, 0.2) is 71.6 Å². The Morgan fingerprint density at radius 3 is 2.24 bits per heavy atom. The minimum atomic E-state index is -3.82. The third kappa shape index (κ3) is 6.79. The normalized spacial score (nSPS) is 11.1. The number of halogens is 1. The Morgan fingerprint density at radius 2 is 1.53 bits per heavy atom. The number of rotatable bonds is 11. The number of hydrogen-bond acceptors (Lipinski definition) is 5. The van der Waals surface area contributed by atoms with E-state index in [4.69, 9.17) is 9.47 Å². The van der Waals surface area contributed by atoms with Gasteiger partial charge in [-0.3, -0.25) is 4.79 Å². The monoisotopic (exact) mass is 486 g/mol. The number of carbonyl (C=O) groups is 1. The van der Waals surface area contributed by atoms with Crippen LogP contribution < -0.4 is 19.5 Å². The first-order valence-electron chi connectivity index (χ1n) is 10.8. The van der Waals surface area contributed by atoms with Gasteiger partial charge < -0.3 is 14.8 Å². The van der Waals surface area contributed by atoms with Crippen LogP contribution in [0.25, 0.3) is 0 Å². The van der Waals surface area contributed by atoms with Gasteiger partial charge in [0.1, 0.15) is 5.82 Å². The van der Waals surface area contributed by atoms with Gasteiger partial charge in [-0.1, -0.05) is 24.3 Å². The summed E-state index contributed by atoms with van der Waals surface area (Å²) in [6.45, 7) is 4.70. The third-order valence-corrected chi connectivity index (χ3v) is 6.22. The second-order valence-electron chi connectivity index (χ2n) is 7.31. The lowest BCUT2D eigenvalue weighted by Gasteiger charge is -2.13. The van der Waals surface area contributed by atoms with E-state index in [1.165, 1.54) is 30.3 Å². The van der Waals surface area contributed by atoms with Crippen LogP contribution in [0.5, 0.6) is 11.5 Å². The van der Waals surface area contributed by atoms with Crippen molar-refractivity contribution < 1.29 is 27.1 Å². The lowest BCUT2D eigenvalue weighted by Crippen LogP contribution is -2.25. The predicted octanol–water partition coefficient (Wildman–Crippen LogP) is 4.03. The zero-order chi connectivity index (χ0) is 24.6. The average Bonchev–Trinajstić information content (AvgIpc) is 2.83. The fourth-order valence-corrected chi connectivity index (χ4v) is 4.30. The van der Waals surface area contributed by atoms with E-state index in [0.29, 0.717) is 41.4 Å². The maximum atomic E-state index is 13.3. The molecule has 0 atom stereocenters. The van der Waals surface area contributed by atoms with Crippen molar-refractivity contribution in [2.75, 3.05) is 13.2 Å². The molecule has 0 aromatic heterocycles. The van der Waals surface area contributed by atoms with E-state index in [1.807, 2.05) is 13.8 Å². The number of amides is 1. The summed E-state index contributed by atoms with van der Waals surface area (Å²) < 4.78 is 52.2. The Bertz CT molecular complexity index is 1250. The molecule has 0 radical (unpaired) electrons. The van der Waals surface area contributed by atoms with Crippen LogP contribution in [0.4, 0.5) is 4.39 Å². The summed E-state index contributed by atoms with van der Waals surface area (Å²) in [5.74, 6) is 0.274. The third-order valence-electron chi connectivity index (χ3n) is 4.82. The van der Waals surface area contributed by atoms with Crippen LogP contribution in [-0.4, -0.2) is 27.5 Å². The molecule has 3 aromatic carbocycles. The number of benzene rings is 3.